The number of carbonyl (C=O) groups excluding carboxylic acids is 1. The van der Waals surface area contributed by atoms with Crippen LogP contribution in [0.3, 0.4) is 0 Å². The van der Waals surface area contributed by atoms with Gasteiger partial charge in [-0.05, 0) is 25.0 Å². The number of rotatable bonds is 1. The van der Waals surface area contributed by atoms with E-state index < -0.39 is 0 Å². The molecule has 1 saturated heterocycles. The van der Waals surface area contributed by atoms with E-state index >= 15 is 0 Å². The fourth-order valence-electron chi connectivity index (χ4n) is 2.26. The molecule has 1 aliphatic rings. The summed E-state index contributed by atoms with van der Waals surface area (Å²) in [6.07, 6.45) is -0.324. The Hall–Kier alpha value is -1.51. The predicted molar refractivity (Wildman–Crippen MR) is 66.9 cm³/mol. The van der Waals surface area contributed by atoms with Crippen LogP contribution >= 0.6 is 0 Å². The van der Waals surface area contributed by atoms with Gasteiger partial charge in [0, 0.05) is 5.41 Å². The molecule has 3 heteroatoms. The Balaban J connectivity index is 2.42. The molecule has 1 amide bonds. The molecule has 0 radical (unpaired) electrons. The minimum Gasteiger partial charge on any atom is -0.449 e. The molecule has 0 aromatic heterocycles. The van der Waals surface area contributed by atoms with Crippen molar-refractivity contribution in [3.05, 3.63) is 34.9 Å². The summed E-state index contributed by atoms with van der Waals surface area (Å²) in [5.74, 6) is 0. The Morgan fingerprint density at radius 3 is 2.76 bits per heavy atom. The summed E-state index contributed by atoms with van der Waals surface area (Å²) in [5.41, 5.74) is 3.51. The zero-order valence-corrected chi connectivity index (χ0v) is 10.8. The number of hydrogen-bond acceptors (Lipinski definition) is 2. The van der Waals surface area contributed by atoms with Gasteiger partial charge < -0.3 is 10.1 Å². The number of cyclic esters (lactones) is 1. The van der Waals surface area contributed by atoms with Crippen LogP contribution in [0, 0.1) is 19.3 Å². The zero-order chi connectivity index (χ0) is 12.6. The van der Waals surface area contributed by atoms with E-state index in [-0.39, 0.29) is 17.6 Å². The minimum atomic E-state index is -0.324. The van der Waals surface area contributed by atoms with Crippen LogP contribution in [0.25, 0.3) is 0 Å². The highest BCUT2D eigenvalue weighted by Gasteiger charge is 2.38. The Labute approximate surface area is 102 Å². The van der Waals surface area contributed by atoms with Crippen molar-refractivity contribution in [3.63, 3.8) is 0 Å². The molecule has 0 spiro atoms. The monoisotopic (exact) mass is 233 g/mol. The lowest BCUT2D eigenvalue weighted by Gasteiger charge is -2.39. The molecule has 1 aromatic rings. The molecule has 1 aliphatic heterocycles. The van der Waals surface area contributed by atoms with Crippen LogP contribution < -0.4 is 5.32 Å². The van der Waals surface area contributed by atoms with Crippen LogP contribution in [-0.2, 0) is 4.74 Å². The minimum absolute atomic E-state index is 0.0173. The molecule has 0 bridgehead atoms. The molecule has 3 nitrogen and oxygen atoms in total. The molecule has 1 heterocycles. The van der Waals surface area contributed by atoms with Gasteiger partial charge in [-0.3, -0.25) is 0 Å². The highest BCUT2D eigenvalue weighted by molar-refractivity contribution is 5.69. The summed E-state index contributed by atoms with van der Waals surface area (Å²) < 4.78 is 5.06. The van der Waals surface area contributed by atoms with Gasteiger partial charge in [0.05, 0.1) is 6.04 Å². The number of alkyl carbamates (subject to hydrolysis) is 1. The average Bonchev–Trinajstić information content (AvgIpc) is 2.26. The van der Waals surface area contributed by atoms with Crippen LogP contribution in [0.5, 0.6) is 0 Å². The maximum atomic E-state index is 11.4. The van der Waals surface area contributed by atoms with E-state index in [1.165, 1.54) is 16.7 Å². The molecule has 1 N–H and O–H groups in total. The Morgan fingerprint density at radius 1 is 1.35 bits per heavy atom. The van der Waals surface area contributed by atoms with Crippen molar-refractivity contribution in [2.24, 2.45) is 5.41 Å². The highest BCUT2D eigenvalue weighted by atomic mass is 16.6. The molecule has 0 aliphatic carbocycles. The van der Waals surface area contributed by atoms with Gasteiger partial charge in [0.1, 0.15) is 6.61 Å². The first-order chi connectivity index (χ1) is 7.90. The van der Waals surface area contributed by atoms with Crippen molar-refractivity contribution in [1.29, 1.82) is 0 Å². The van der Waals surface area contributed by atoms with Crippen LogP contribution in [0.2, 0.25) is 0 Å². The summed E-state index contributed by atoms with van der Waals surface area (Å²) in [6.45, 7) is 8.82. The molecule has 0 unspecified atom stereocenters. The number of benzene rings is 1. The third-order valence-electron chi connectivity index (χ3n) is 3.36. The molecular weight excluding hydrogens is 214 g/mol. The lowest BCUT2D eigenvalue weighted by Crippen LogP contribution is -2.47. The largest absolute Gasteiger partial charge is 0.449 e. The van der Waals surface area contributed by atoms with Gasteiger partial charge in [0.25, 0.3) is 0 Å². The molecule has 1 fully saturated rings. The van der Waals surface area contributed by atoms with Gasteiger partial charge in [-0.2, -0.15) is 0 Å². The normalized spacial score (nSPS) is 22.8. The van der Waals surface area contributed by atoms with Crippen LogP contribution in [0.1, 0.15) is 36.6 Å². The maximum absolute atomic E-state index is 11.4. The van der Waals surface area contributed by atoms with E-state index in [1.54, 1.807) is 0 Å². The van der Waals surface area contributed by atoms with E-state index in [4.69, 9.17) is 4.74 Å². The van der Waals surface area contributed by atoms with Gasteiger partial charge in [-0.25, -0.2) is 4.79 Å². The second-order valence-electron chi connectivity index (χ2n) is 5.50. The Morgan fingerprint density at radius 2 is 2.06 bits per heavy atom. The summed E-state index contributed by atoms with van der Waals surface area (Å²) >= 11 is 0. The molecule has 1 aromatic carbocycles. The summed E-state index contributed by atoms with van der Waals surface area (Å²) in [6, 6.07) is 6.35. The molecule has 2 rings (SSSR count). The van der Waals surface area contributed by atoms with Crippen LogP contribution in [0.4, 0.5) is 4.79 Å². The Kier molecular flexibility index (Phi) is 2.86. The Bertz CT molecular complexity index is 452. The van der Waals surface area contributed by atoms with Crippen LogP contribution in [0.15, 0.2) is 18.2 Å². The topological polar surface area (TPSA) is 38.3 Å². The number of aryl methyl sites for hydroxylation is 2. The van der Waals surface area contributed by atoms with Crippen molar-refractivity contribution < 1.29 is 9.53 Å². The molecule has 92 valence electrons. The second-order valence-corrected chi connectivity index (χ2v) is 5.50. The highest BCUT2D eigenvalue weighted by Crippen LogP contribution is 2.37. The van der Waals surface area contributed by atoms with Gasteiger partial charge in [0.15, 0.2) is 0 Å². The molecule has 1 atom stereocenters. The number of carbonyl (C=O) groups is 1. The summed E-state index contributed by atoms with van der Waals surface area (Å²) in [4.78, 5) is 11.4. The smallest absolute Gasteiger partial charge is 0.407 e. The number of hydrogen-bond donors (Lipinski definition) is 1. The van der Waals surface area contributed by atoms with E-state index in [9.17, 15) is 4.79 Å². The number of nitrogens with one attached hydrogen (secondary N) is 1. The van der Waals surface area contributed by atoms with Crippen molar-refractivity contribution >= 4 is 6.09 Å². The van der Waals surface area contributed by atoms with Crippen molar-refractivity contribution in [2.45, 2.75) is 33.7 Å². The zero-order valence-electron chi connectivity index (χ0n) is 10.8. The average molecular weight is 233 g/mol. The summed E-state index contributed by atoms with van der Waals surface area (Å²) in [7, 11) is 0. The van der Waals surface area contributed by atoms with E-state index in [0.717, 1.165) is 0 Å². The molecular formula is C14H19NO2. The lowest BCUT2D eigenvalue weighted by atomic mass is 9.78. The van der Waals surface area contributed by atoms with E-state index in [0.29, 0.717) is 6.61 Å². The second kappa shape index (κ2) is 4.06. The molecule has 0 saturated carbocycles. The van der Waals surface area contributed by atoms with Gasteiger partial charge in [-0.1, -0.05) is 37.6 Å². The van der Waals surface area contributed by atoms with E-state index in [2.05, 4.69) is 51.2 Å². The van der Waals surface area contributed by atoms with Crippen molar-refractivity contribution in [3.8, 4) is 0 Å². The van der Waals surface area contributed by atoms with Gasteiger partial charge in [0.2, 0.25) is 0 Å². The molecule has 17 heavy (non-hydrogen) atoms. The lowest BCUT2D eigenvalue weighted by molar-refractivity contribution is 0.0385. The third kappa shape index (κ3) is 2.28. The first-order valence-electron chi connectivity index (χ1n) is 5.90. The van der Waals surface area contributed by atoms with Gasteiger partial charge >= 0.3 is 6.09 Å². The maximum Gasteiger partial charge on any atom is 0.407 e. The van der Waals surface area contributed by atoms with E-state index in [1.807, 2.05) is 0 Å². The van der Waals surface area contributed by atoms with Crippen molar-refractivity contribution in [1.82, 2.24) is 5.32 Å². The predicted octanol–water partition coefficient (Wildman–Crippen LogP) is 3.11. The first-order valence-corrected chi connectivity index (χ1v) is 5.90. The van der Waals surface area contributed by atoms with Crippen LogP contribution in [-0.4, -0.2) is 12.7 Å². The summed E-state index contributed by atoms with van der Waals surface area (Å²) in [5, 5.41) is 2.93. The quantitative estimate of drug-likeness (QED) is 0.809. The number of amides is 1. The van der Waals surface area contributed by atoms with Crippen molar-refractivity contribution in [2.75, 3.05) is 6.61 Å². The number of ether oxygens (including phenoxy) is 1. The first kappa shape index (κ1) is 12.0. The fourth-order valence-corrected chi connectivity index (χ4v) is 2.26. The fraction of sp³-hybridized carbons (Fsp3) is 0.500. The van der Waals surface area contributed by atoms with Gasteiger partial charge in [-0.15, -0.1) is 0 Å². The third-order valence-corrected chi connectivity index (χ3v) is 3.36. The SMILES string of the molecule is Cc1ccc(C)c([C@H]2NC(=O)OCC2(C)C)c1. The standard InChI is InChI=1S/C14H19NO2/c1-9-5-6-10(2)11(7-9)12-14(3,4)8-17-13(16)15-12/h5-7,12H,8H2,1-4H3,(H,15,16)/t12-/m1/s1.